The first kappa shape index (κ1) is 33.7. The minimum Gasteiger partial charge on any atom is -0.493 e. The molecule has 3 aromatic carbocycles. The molecule has 1 aliphatic heterocycles. The number of benzene rings is 3. The second-order valence-electron chi connectivity index (χ2n) is 12.6. The van der Waals surface area contributed by atoms with Crippen LogP contribution in [-0.2, 0) is 23.1 Å². The molecule has 2 heterocycles. The maximum Gasteiger partial charge on any atom is 0.243 e. The van der Waals surface area contributed by atoms with Gasteiger partial charge in [0.15, 0.2) is 11.5 Å². The summed E-state index contributed by atoms with van der Waals surface area (Å²) in [6, 6.07) is 21.0. The normalized spacial score (nSPS) is 14.9. The predicted molar refractivity (Wildman–Crippen MR) is 182 cm³/mol. The highest BCUT2D eigenvalue weighted by molar-refractivity contribution is 7.89. The maximum atomic E-state index is 14.2. The summed E-state index contributed by atoms with van der Waals surface area (Å²) in [5, 5.41) is 1.51. The summed E-state index contributed by atoms with van der Waals surface area (Å²) in [5.74, 6) is 1.98. The fourth-order valence-electron chi connectivity index (χ4n) is 6.27. The molecule has 0 aliphatic carbocycles. The molecule has 1 fully saturated rings. The average molecular weight is 647 g/mol. The second-order valence-corrected chi connectivity index (χ2v) is 14.5. The van der Waals surface area contributed by atoms with Crippen LogP contribution in [-0.4, -0.2) is 88.1 Å². The quantitative estimate of drug-likeness (QED) is 0.173. The highest BCUT2D eigenvalue weighted by Crippen LogP contribution is 2.40. The third kappa shape index (κ3) is 7.81. The molecule has 0 saturated carbocycles. The first-order valence-corrected chi connectivity index (χ1v) is 17.2. The van der Waals surface area contributed by atoms with Crippen LogP contribution in [0.4, 0.5) is 0 Å². The molecule has 5 rings (SSSR count). The van der Waals surface area contributed by atoms with E-state index in [9.17, 15) is 8.42 Å². The van der Waals surface area contributed by atoms with E-state index in [-0.39, 0.29) is 5.41 Å². The van der Waals surface area contributed by atoms with Crippen molar-refractivity contribution in [3.8, 4) is 17.2 Å². The molecule has 0 N–H and O–H groups in total. The Balaban J connectivity index is 1.24. The summed E-state index contributed by atoms with van der Waals surface area (Å²) < 4.78 is 46.8. The van der Waals surface area contributed by atoms with Crippen molar-refractivity contribution in [3.05, 3.63) is 90.3 Å². The lowest BCUT2D eigenvalue weighted by Crippen LogP contribution is -2.49. The number of piperazine rings is 1. The van der Waals surface area contributed by atoms with Crippen LogP contribution in [0.1, 0.15) is 31.4 Å². The maximum absolute atomic E-state index is 14.2. The van der Waals surface area contributed by atoms with Gasteiger partial charge in [-0.3, -0.25) is 9.88 Å². The number of rotatable bonds is 14. The zero-order valence-corrected chi connectivity index (χ0v) is 28.4. The number of fused-ring (bicyclic) bond motifs is 1. The summed E-state index contributed by atoms with van der Waals surface area (Å²) in [4.78, 5) is 9.44. The van der Waals surface area contributed by atoms with E-state index < -0.39 is 10.0 Å². The van der Waals surface area contributed by atoms with Crippen LogP contribution in [0.25, 0.3) is 10.8 Å². The average Bonchev–Trinajstić information content (AvgIpc) is 3.07. The van der Waals surface area contributed by atoms with Crippen LogP contribution in [0, 0.1) is 5.41 Å². The number of methoxy groups -OCH3 is 3. The highest BCUT2D eigenvalue weighted by Gasteiger charge is 2.31. The Morgan fingerprint density at radius 1 is 0.826 bits per heavy atom. The largest absolute Gasteiger partial charge is 0.493 e. The number of nitrogens with zero attached hydrogens (tertiary/aromatic N) is 4. The zero-order valence-electron chi connectivity index (χ0n) is 27.6. The van der Waals surface area contributed by atoms with Gasteiger partial charge in [0.2, 0.25) is 15.8 Å². The second kappa shape index (κ2) is 14.8. The minimum absolute atomic E-state index is 0.0954. The van der Waals surface area contributed by atoms with Crippen LogP contribution in [0.2, 0.25) is 0 Å². The van der Waals surface area contributed by atoms with E-state index in [0.29, 0.717) is 40.6 Å². The van der Waals surface area contributed by atoms with Gasteiger partial charge in [0, 0.05) is 81.1 Å². The SMILES string of the molecule is COc1ccc(CN2CCN(CC(C)(C)CCN(Cc3ccccc3)S(=O)(=O)c3cccc4cnccc34)CC2)c(OC)c1OC. The van der Waals surface area contributed by atoms with Gasteiger partial charge in [0.05, 0.1) is 26.2 Å². The molecule has 10 heteroatoms. The van der Waals surface area contributed by atoms with Gasteiger partial charge in [0.1, 0.15) is 0 Å². The summed E-state index contributed by atoms with van der Waals surface area (Å²) in [6.07, 6.45) is 4.09. The van der Waals surface area contributed by atoms with Crippen molar-refractivity contribution in [1.82, 2.24) is 19.1 Å². The number of ether oxygens (including phenoxy) is 3. The van der Waals surface area contributed by atoms with E-state index in [2.05, 4.69) is 28.6 Å². The van der Waals surface area contributed by atoms with Crippen molar-refractivity contribution in [1.29, 1.82) is 0 Å². The molecule has 1 aliphatic rings. The van der Waals surface area contributed by atoms with Crippen molar-refractivity contribution >= 4 is 20.8 Å². The van der Waals surface area contributed by atoms with Gasteiger partial charge in [-0.05, 0) is 35.6 Å². The van der Waals surface area contributed by atoms with Crippen LogP contribution < -0.4 is 14.2 Å². The number of hydrogen-bond donors (Lipinski definition) is 0. The van der Waals surface area contributed by atoms with Crippen molar-refractivity contribution in [2.24, 2.45) is 5.41 Å². The summed E-state index contributed by atoms with van der Waals surface area (Å²) in [7, 11) is 1.14. The van der Waals surface area contributed by atoms with Gasteiger partial charge in [0.25, 0.3) is 0 Å². The first-order valence-electron chi connectivity index (χ1n) is 15.7. The molecule has 1 saturated heterocycles. The molecule has 0 unspecified atom stereocenters. The predicted octanol–water partition coefficient (Wildman–Crippen LogP) is 5.69. The van der Waals surface area contributed by atoms with Crippen molar-refractivity contribution in [2.45, 2.75) is 38.3 Å². The van der Waals surface area contributed by atoms with Crippen molar-refractivity contribution < 1.29 is 22.6 Å². The Morgan fingerprint density at radius 3 is 2.24 bits per heavy atom. The van der Waals surface area contributed by atoms with Gasteiger partial charge in [-0.15, -0.1) is 0 Å². The molecular weight excluding hydrogens is 600 g/mol. The lowest BCUT2D eigenvalue weighted by atomic mass is 9.88. The fraction of sp³-hybridized carbons (Fsp3) is 0.417. The topological polar surface area (TPSA) is 84.4 Å². The van der Waals surface area contributed by atoms with E-state index in [4.69, 9.17) is 14.2 Å². The molecule has 0 spiro atoms. The third-order valence-corrected chi connectivity index (χ3v) is 10.7. The Labute approximate surface area is 273 Å². The van der Waals surface area contributed by atoms with E-state index in [1.165, 1.54) is 0 Å². The van der Waals surface area contributed by atoms with E-state index in [1.807, 2.05) is 48.5 Å². The van der Waals surface area contributed by atoms with Crippen molar-refractivity contribution in [3.63, 3.8) is 0 Å². The lowest BCUT2D eigenvalue weighted by molar-refractivity contribution is 0.0873. The van der Waals surface area contributed by atoms with Crippen LogP contribution in [0.3, 0.4) is 0 Å². The molecule has 0 radical (unpaired) electrons. The number of aromatic nitrogens is 1. The Bertz CT molecular complexity index is 1700. The van der Waals surface area contributed by atoms with Gasteiger partial charge < -0.3 is 19.1 Å². The van der Waals surface area contributed by atoms with E-state index in [0.717, 1.165) is 62.2 Å². The number of sulfonamides is 1. The molecular formula is C36H46N4O5S. The Hall–Kier alpha value is -3.70. The molecule has 9 nitrogen and oxygen atoms in total. The lowest BCUT2D eigenvalue weighted by Gasteiger charge is -2.39. The monoisotopic (exact) mass is 646 g/mol. The van der Waals surface area contributed by atoms with Gasteiger partial charge >= 0.3 is 0 Å². The van der Waals surface area contributed by atoms with Gasteiger partial charge in [-0.2, -0.15) is 4.31 Å². The summed E-state index contributed by atoms with van der Waals surface area (Å²) in [5.41, 5.74) is 1.94. The smallest absolute Gasteiger partial charge is 0.243 e. The third-order valence-electron chi connectivity index (χ3n) is 8.79. The zero-order chi connectivity index (χ0) is 32.7. The summed E-state index contributed by atoms with van der Waals surface area (Å²) >= 11 is 0. The number of pyridine rings is 1. The van der Waals surface area contributed by atoms with Crippen LogP contribution in [0.15, 0.2) is 84.0 Å². The minimum atomic E-state index is -3.78. The molecule has 0 atom stereocenters. The summed E-state index contributed by atoms with van der Waals surface area (Å²) in [6.45, 7) is 10.6. The standard InChI is InChI=1S/C36H46N4O5S/c1-36(2,27-39-22-20-38(21-23-39)26-30-14-15-32(43-3)35(45-5)34(30)44-4)17-19-40(25-28-10-7-6-8-11-28)46(41,42)33-13-9-12-29-24-37-18-16-31(29)33/h6-16,18,24H,17,19-23,25-27H2,1-5H3. The number of hydrogen-bond acceptors (Lipinski definition) is 8. The van der Waals surface area contributed by atoms with E-state index in [1.54, 1.807) is 56.2 Å². The first-order chi connectivity index (χ1) is 22.1. The molecule has 4 aromatic rings. The van der Waals surface area contributed by atoms with Crippen molar-refractivity contribution in [2.75, 3.05) is 60.6 Å². The molecule has 0 bridgehead atoms. The molecule has 1 aromatic heterocycles. The molecule has 46 heavy (non-hydrogen) atoms. The Kier molecular flexibility index (Phi) is 10.8. The van der Waals surface area contributed by atoms with Gasteiger partial charge in [-0.25, -0.2) is 8.42 Å². The van der Waals surface area contributed by atoms with Crippen LogP contribution >= 0.6 is 0 Å². The van der Waals surface area contributed by atoms with Crippen LogP contribution in [0.5, 0.6) is 17.2 Å². The van der Waals surface area contributed by atoms with Gasteiger partial charge in [-0.1, -0.05) is 62.4 Å². The van der Waals surface area contributed by atoms with E-state index >= 15 is 0 Å². The fourth-order valence-corrected chi connectivity index (χ4v) is 7.92. The molecule has 0 amide bonds. The Morgan fingerprint density at radius 2 is 1.54 bits per heavy atom. The molecule has 246 valence electrons. The highest BCUT2D eigenvalue weighted by atomic mass is 32.2.